The molecule has 2 rings (SSSR count). The molecule has 2 N–H and O–H groups in total. The van der Waals surface area contributed by atoms with Crippen LogP contribution in [0.2, 0.25) is 5.02 Å². The Balaban J connectivity index is 0.00000420. The highest BCUT2D eigenvalue weighted by atomic mass is 127. The molecule has 1 aliphatic heterocycles. The number of likely N-dealkylation sites (N-methyl/N-ethyl adjacent to an activating group) is 1. The van der Waals surface area contributed by atoms with Gasteiger partial charge in [0, 0.05) is 57.9 Å². The number of hydrogen-bond donors (Lipinski definition) is 2. The largest absolute Gasteiger partial charge is 0.497 e. The van der Waals surface area contributed by atoms with Gasteiger partial charge in [-0.3, -0.25) is 4.99 Å². The summed E-state index contributed by atoms with van der Waals surface area (Å²) in [4.78, 5) is 9.41. The van der Waals surface area contributed by atoms with Crippen molar-refractivity contribution in [2.45, 2.75) is 20.3 Å². The van der Waals surface area contributed by atoms with Crippen LogP contribution in [0.1, 0.15) is 19.4 Å². The van der Waals surface area contributed by atoms with Crippen LogP contribution < -0.4 is 15.4 Å². The third-order valence-electron chi connectivity index (χ3n) is 5.27. The number of methoxy groups -OCH3 is 1. The van der Waals surface area contributed by atoms with E-state index in [1.54, 1.807) is 7.11 Å². The van der Waals surface area contributed by atoms with E-state index in [0.717, 1.165) is 54.9 Å². The molecule has 1 unspecified atom stereocenters. The first kappa shape index (κ1) is 26.3. The molecular formula is C21H37ClIN5O. The molecule has 0 aromatic heterocycles. The molecule has 0 saturated carbocycles. The lowest BCUT2D eigenvalue weighted by Crippen LogP contribution is -2.48. The first-order chi connectivity index (χ1) is 13.5. The predicted molar refractivity (Wildman–Crippen MR) is 134 cm³/mol. The lowest BCUT2D eigenvalue weighted by atomic mass is 10.1. The average Bonchev–Trinajstić information content (AvgIpc) is 2.72. The Hall–Kier alpha value is -0.770. The molecule has 0 spiro atoms. The fourth-order valence-corrected chi connectivity index (χ4v) is 3.72. The minimum absolute atomic E-state index is 0. The molecule has 1 fully saturated rings. The van der Waals surface area contributed by atoms with Gasteiger partial charge in [0.05, 0.1) is 7.11 Å². The van der Waals surface area contributed by atoms with Gasteiger partial charge in [0.25, 0.3) is 0 Å². The van der Waals surface area contributed by atoms with Crippen molar-refractivity contribution in [2.24, 2.45) is 10.9 Å². The molecule has 166 valence electrons. The summed E-state index contributed by atoms with van der Waals surface area (Å²) < 4.78 is 5.19. The Morgan fingerprint density at radius 1 is 1.21 bits per heavy atom. The van der Waals surface area contributed by atoms with E-state index < -0.39 is 0 Å². The zero-order valence-corrected chi connectivity index (χ0v) is 21.3. The van der Waals surface area contributed by atoms with Crippen molar-refractivity contribution in [3.05, 3.63) is 28.8 Å². The van der Waals surface area contributed by atoms with E-state index in [1.807, 2.05) is 25.2 Å². The summed E-state index contributed by atoms with van der Waals surface area (Å²) in [5, 5.41) is 7.56. The van der Waals surface area contributed by atoms with Crippen LogP contribution in [0.15, 0.2) is 23.2 Å². The predicted octanol–water partition coefficient (Wildman–Crippen LogP) is 2.95. The van der Waals surface area contributed by atoms with Crippen LogP contribution in [0.5, 0.6) is 5.75 Å². The van der Waals surface area contributed by atoms with E-state index in [0.29, 0.717) is 5.92 Å². The van der Waals surface area contributed by atoms with E-state index in [9.17, 15) is 0 Å². The van der Waals surface area contributed by atoms with Crippen LogP contribution in [0.3, 0.4) is 0 Å². The van der Waals surface area contributed by atoms with Gasteiger partial charge in [0.2, 0.25) is 0 Å². The van der Waals surface area contributed by atoms with E-state index in [-0.39, 0.29) is 24.0 Å². The number of rotatable bonds is 9. The van der Waals surface area contributed by atoms with Gasteiger partial charge in [-0.15, -0.1) is 24.0 Å². The van der Waals surface area contributed by atoms with Crippen LogP contribution in [0, 0.1) is 5.92 Å². The summed E-state index contributed by atoms with van der Waals surface area (Å²) in [7, 11) is 3.46. The number of guanidine groups is 1. The second-order valence-electron chi connectivity index (χ2n) is 7.43. The third kappa shape index (κ3) is 9.27. The first-order valence-electron chi connectivity index (χ1n) is 10.3. The third-order valence-corrected chi connectivity index (χ3v) is 5.62. The van der Waals surface area contributed by atoms with Gasteiger partial charge in [0.1, 0.15) is 5.75 Å². The molecule has 1 atom stereocenters. The van der Waals surface area contributed by atoms with Gasteiger partial charge in [-0.25, -0.2) is 0 Å². The molecule has 1 aliphatic rings. The molecule has 0 aliphatic carbocycles. The summed E-state index contributed by atoms with van der Waals surface area (Å²) in [6, 6.07) is 5.81. The molecule has 0 radical (unpaired) electrons. The number of benzene rings is 1. The SMILES string of the molecule is CCN1CCN(CC(C)CNC(=NC)NCCc2ccc(OC)cc2Cl)CC1.I. The summed E-state index contributed by atoms with van der Waals surface area (Å²) in [6.07, 6.45) is 0.834. The first-order valence-corrected chi connectivity index (χ1v) is 10.6. The Bertz CT molecular complexity index is 623. The monoisotopic (exact) mass is 537 g/mol. The Labute approximate surface area is 198 Å². The molecule has 0 amide bonds. The fourth-order valence-electron chi connectivity index (χ4n) is 3.46. The van der Waals surface area contributed by atoms with E-state index in [2.05, 4.69) is 39.3 Å². The van der Waals surface area contributed by atoms with Crippen LogP contribution >= 0.6 is 35.6 Å². The smallest absolute Gasteiger partial charge is 0.190 e. The molecule has 0 bridgehead atoms. The highest BCUT2D eigenvalue weighted by Gasteiger charge is 2.17. The van der Waals surface area contributed by atoms with Crippen molar-refractivity contribution in [2.75, 3.05) is 66.5 Å². The number of aliphatic imine (C=N–C) groups is 1. The minimum Gasteiger partial charge on any atom is -0.497 e. The van der Waals surface area contributed by atoms with E-state index in [1.165, 1.54) is 26.2 Å². The molecule has 8 heteroatoms. The lowest BCUT2D eigenvalue weighted by molar-refractivity contribution is 0.124. The number of ether oxygens (including phenoxy) is 1. The molecule has 29 heavy (non-hydrogen) atoms. The lowest BCUT2D eigenvalue weighted by Gasteiger charge is -2.35. The Morgan fingerprint density at radius 3 is 2.48 bits per heavy atom. The number of halogens is 2. The maximum Gasteiger partial charge on any atom is 0.190 e. The maximum atomic E-state index is 6.31. The van der Waals surface area contributed by atoms with Crippen molar-refractivity contribution < 1.29 is 4.74 Å². The normalized spacial score (nSPS) is 16.8. The number of nitrogens with one attached hydrogen (secondary N) is 2. The number of hydrogen-bond acceptors (Lipinski definition) is 4. The zero-order valence-electron chi connectivity index (χ0n) is 18.2. The van der Waals surface area contributed by atoms with Crippen LogP contribution in [0.4, 0.5) is 0 Å². The van der Waals surface area contributed by atoms with Crippen LogP contribution in [-0.4, -0.2) is 82.3 Å². The average molecular weight is 538 g/mol. The van der Waals surface area contributed by atoms with Crippen molar-refractivity contribution in [3.63, 3.8) is 0 Å². The second kappa shape index (κ2) is 14.3. The van der Waals surface area contributed by atoms with E-state index in [4.69, 9.17) is 16.3 Å². The summed E-state index contributed by atoms with van der Waals surface area (Å²) in [5.74, 6) is 2.19. The summed E-state index contributed by atoms with van der Waals surface area (Å²) >= 11 is 6.31. The Kier molecular flexibility index (Phi) is 12.9. The van der Waals surface area contributed by atoms with Crippen molar-refractivity contribution >= 4 is 41.5 Å². The standard InChI is InChI=1S/C21H36ClN5O.HI/c1-5-26-10-12-27(13-11-26)16-17(2)15-25-21(23-3)24-9-8-18-6-7-19(28-4)14-20(18)22;/h6-7,14,17H,5,8-13,15-16H2,1-4H3,(H2,23,24,25);1H. The van der Waals surface area contributed by atoms with Gasteiger partial charge in [-0.1, -0.05) is 31.5 Å². The fraction of sp³-hybridized carbons (Fsp3) is 0.667. The molecule has 1 heterocycles. The number of piperazine rings is 1. The van der Waals surface area contributed by atoms with Gasteiger partial charge in [-0.2, -0.15) is 0 Å². The van der Waals surface area contributed by atoms with Gasteiger partial charge in [-0.05, 0) is 36.6 Å². The Morgan fingerprint density at radius 2 is 1.90 bits per heavy atom. The molecule has 1 aromatic carbocycles. The van der Waals surface area contributed by atoms with Crippen molar-refractivity contribution in [3.8, 4) is 5.75 Å². The summed E-state index contributed by atoms with van der Waals surface area (Å²) in [5.41, 5.74) is 1.10. The van der Waals surface area contributed by atoms with Gasteiger partial charge < -0.3 is 25.2 Å². The summed E-state index contributed by atoms with van der Waals surface area (Å²) in [6.45, 7) is 13.2. The quantitative estimate of drug-likeness (QED) is 0.288. The zero-order chi connectivity index (χ0) is 20.4. The number of nitrogens with zero attached hydrogens (tertiary/aromatic N) is 3. The van der Waals surface area contributed by atoms with E-state index >= 15 is 0 Å². The highest BCUT2D eigenvalue weighted by molar-refractivity contribution is 14.0. The highest BCUT2D eigenvalue weighted by Crippen LogP contribution is 2.22. The van der Waals surface area contributed by atoms with Crippen LogP contribution in [0.25, 0.3) is 0 Å². The maximum absolute atomic E-state index is 6.31. The van der Waals surface area contributed by atoms with Gasteiger partial charge >= 0.3 is 0 Å². The molecule has 6 nitrogen and oxygen atoms in total. The minimum atomic E-state index is 0. The van der Waals surface area contributed by atoms with Gasteiger partial charge in [0.15, 0.2) is 5.96 Å². The van der Waals surface area contributed by atoms with Crippen LogP contribution in [-0.2, 0) is 6.42 Å². The van der Waals surface area contributed by atoms with Crippen molar-refractivity contribution in [1.29, 1.82) is 0 Å². The topological polar surface area (TPSA) is 52.1 Å². The molecule has 1 saturated heterocycles. The van der Waals surface area contributed by atoms with Crippen molar-refractivity contribution in [1.82, 2.24) is 20.4 Å². The second-order valence-corrected chi connectivity index (χ2v) is 7.83. The molecule has 1 aromatic rings. The molecular weight excluding hydrogens is 501 g/mol.